The van der Waals surface area contributed by atoms with E-state index in [0.717, 1.165) is 50.4 Å². The van der Waals surface area contributed by atoms with Crippen LogP contribution in [0.4, 0.5) is 0 Å². The molecular weight excluding hydrogens is 919 g/mol. The van der Waals surface area contributed by atoms with E-state index in [4.69, 9.17) is 9.97 Å². The fourth-order valence-electron chi connectivity index (χ4n) is 13.2. The largest absolute Gasteiger partial charge is 0.309 e. The molecule has 0 aliphatic heterocycles. The fraction of sp³-hybridized carbons (Fsp3) is 0.0137. The topological polar surface area (TPSA) is 30.7 Å². The highest BCUT2D eigenvalue weighted by Crippen LogP contribution is 2.64. The summed E-state index contributed by atoms with van der Waals surface area (Å²) in [5.74, 6) is 0.677. The Morgan fingerprint density at radius 1 is 0.276 bits per heavy atom. The van der Waals surface area contributed by atoms with Gasteiger partial charge in [0.05, 0.1) is 27.8 Å². The number of hydrogen-bond acceptors (Lipinski definition) is 2. The van der Waals surface area contributed by atoms with E-state index in [1.165, 1.54) is 93.5 Å². The minimum Gasteiger partial charge on any atom is -0.309 e. The first-order valence-corrected chi connectivity index (χ1v) is 26.2. The summed E-state index contributed by atoms with van der Waals surface area (Å²) >= 11 is 0. The summed E-state index contributed by atoms with van der Waals surface area (Å²) in [6, 6.07) is 100. The van der Waals surface area contributed by atoms with Crippen LogP contribution in [-0.2, 0) is 5.41 Å². The Bertz CT molecular complexity index is 4650. The van der Waals surface area contributed by atoms with Crippen LogP contribution in [0.5, 0.6) is 0 Å². The van der Waals surface area contributed by atoms with Crippen molar-refractivity contribution < 1.29 is 0 Å². The molecule has 0 saturated heterocycles. The van der Waals surface area contributed by atoms with Crippen LogP contribution >= 0.6 is 0 Å². The summed E-state index contributed by atoms with van der Waals surface area (Å²) in [5, 5.41) is 7.29. The Morgan fingerprint density at radius 3 is 1.59 bits per heavy atom. The molecule has 0 N–H and O–H groups in total. The van der Waals surface area contributed by atoms with Crippen molar-refractivity contribution in [1.29, 1.82) is 0 Å². The van der Waals surface area contributed by atoms with E-state index in [1.54, 1.807) is 0 Å². The molecule has 0 amide bonds. The van der Waals surface area contributed by atoms with Gasteiger partial charge < -0.3 is 4.57 Å². The number of rotatable bonds is 6. The van der Waals surface area contributed by atoms with Gasteiger partial charge in [-0.15, -0.1) is 0 Å². The molecule has 14 aromatic rings. The molecule has 0 bridgehead atoms. The maximum Gasteiger partial charge on any atom is 0.160 e. The van der Waals surface area contributed by atoms with E-state index >= 15 is 0 Å². The highest BCUT2D eigenvalue weighted by molar-refractivity contribution is 6.15. The number of para-hydroxylation sites is 1. The van der Waals surface area contributed by atoms with Crippen LogP contribution in [0.25, 0.3) is 127 Å². The maximum absolute atomic E-state index is 5.60. The smallest absolute Gasteiger partial charge is 0.160 e. The Balaban J connectivity index is 0.987. The Morgan fingerprint density at radius 2 is 0.829 bits per heavy atom. The van der Waals surface area contributed by atoms with Crippen LogP contribution in [-0.4, -0.2) is 14.5 Å². The molecule has 2 aromatic heterocycles. The predicted molar refractivity (Wildman–Crippen MR) is 315 cm³/mol. The van der Waals surface area contributed by atoms with E-state index in [-0.39, 0.29) is 0 Å². The second kappa shape index (κ2) is 16.5. The Kier molecular flexibility index (Phi) is 9.25. The van der Waals surface area contributed by atoms with Crippen LogP contribution in [0.2, 0.25) is 0 Å². The van der Waals surface area contributed by atoms with Gasteiger partial charge in [-0.25, -0.2) is 9.97 Å². The first-order chi connectivity index (χ1) is 37.7. The number of hydrogen-bond donors (Lipinski definition) is 0. The molecule has 12 aromatic carbocycles. The second-order valence-electron chi connectivity index (χ2n) is 20.4. The summed E-state index contributed by atoms with van der Waals surface area (Å²) in [6.07, 6.45) is 0. The Labute approximate surface area is 440 Å². The predicted octanol–water partition coefficient (Wildman–Crippen LogP) is 18.6. The molecule has 0 fully saturated rings. The Hall–Kier alpha value is -9.96. The van der Waals surface area contributed by atoms with Crippen LogP contribution in [0, 0.1) is 0 Å². The number of benzene rings is 12. The lowest BCUT2D eigenvalue weighted by Crippen LogP contribution is -2.25. The van der Waals surface area contributed by atoms with Gasteiger partial charge in [-0.3, -0.25) is 0 Å². The molecule has 1 spiro atoms. The molecule has 2 heterocycles. The van der Waals surface area contributed by atoms with E-state index in [2.05, 4.69) is 278 Å². The molecule has 76 heavy (non-hydrogen) atoms. The number of aromatic nitrogens is 3. The van der Waals surface area contributed by atoms with Crippen LogP contribution < -0.4 is 0 Å². The van der Waals surface area contributed by atoms with Crippen molar-refractivity contribution in [2.75, 3.05) is 0 Å². The zero-order valence-electron chi connectivity index (χ0n) is 41.3. The maximum atomic E-state index is 5.60. The number of fused-ring (bicyclic) bond motifs is 16. The third-order valence-electron chi connectivity index (χ3n) is 16.4. The van der Waals surface area contributed by atoms with E-state index in [0.29, 0.717) is 5.82 Å². The van der Waals surface area contributed by atoms with Gasteiger partial charge in [-0.1, -0.05) is 231 Å². The fourth-order valence-corrected chi connectivity index (χ4v) is 13.2. The molecule has 352 valence electrons. The third kappa shape index (κ3) is 6.17. The molecular formula is C73H45N3. The highest BCUT2D eigenvalue weighted by atomic mass is 15.0. The number of nitrogens with zero attached hydrogens (tertiary/aromatic N) is 3. The lowest BCUT2D eigenvalue weighted by atomic mass is 9.70. The molecule has 2 aliphatic carbocycles. The van der Waals surface area contributed by atoms with E-state index in [1.807, 2.05) is 0 Å². The molecule has 0 radical (unpaired) electrons. The summed E-state index contributed by atoms with van der Waals surface area (Å²) in [4.78, 5) is 11.2. The van der Waals surface area contributed by atoms with Gasteiger partial charge in [0, 0.05) is 33.2 Å². The first-order valence-electron chi connectivity index (χ1n) is 26.2. The standard InChI is InChI=1S/C73H45N3/c1-3-20-46(21-4-1)48-38-39-59-58-30-14-18-37-69(58)76(70(59)44-48)52-41-50(62-43-49-24-7-8-25-53(49)54-26-9-10-27-55(54)62)40-51(42-52)67-45-68(75-72(74-67)47-22-5-2-6-23-47)61-32-19-36-66-71(61)60-31-13-17-35-65(60)73(66)63-33-15-11-28-56(63)57-29-12-16-34-64(57)73/h1-45H. The van der Waals surface area contributed by atoms with Crippen LogP contribution in [0.3, 0.4) is 0 Å². The van der Waals surface area contributed by atoms with Crippen LogP contribution in [0.1, 0.15) is 22.3 Å². The summed E-state index contributed by atoms with van der Waals surface area (Å²) < 4.78 is 2.46. The zero-order chi connectivity index (χ0) is 49.9. The van der Waals surface area contributed by atoms with Crippen molar-refractivity contribution in [2.24, 2.45) is 0 Å². The van der Waals surface area contributed by atoms with Gasteiger partial charge in [0.2, 0.25) is 0 Å². The van der Waals surface area contributed by atoms with Crippen molar-refractivity contribution >= 4 is 43.4 Å². The van der Waals surface area contributed by atoms with Gasteiger partial charge in [-0.05, 0) is 131 Å². The SMILES string of the molecule is c1ccc(-c2ccc3c4ccccc4n(-c4cc(-c5cc(-c6cccc7c6-c6ccccc6C76c7ccccc7-c7ccccc76)nc(-c6ccccc6)n5)cc(-c5cc6ccccc6c6ccccc56)c4)c3c2)cc1. The minimum atomic E-state index is -0.484. The van der Waals surface area contributed by atoms with Gasteiger partial charge >= 0.3 is 0 Å². The molecule has 0 atom stereocenters. The van der Waals surface area contributed by atoms with Crippen molar-refractivity contribution in [2.45, 2.75) is 5.41 Å². The van der Waals surface area contributed by atoms with Crippen molar-refractivity contribution in [3.05, 3.63) is 295 Å². The van der Waals surface area contributed by atoms with Gasteiger partial charge in [0.15, 0.2) is 5.82 Å². The van der Waals surface area contributed by atoms with E-state index < -0.39 is 5.41 Å². The average molecular weight is 964 g/mol. The van der Waals surface area contributed by atoms with Crippen LogP contribution in [0.15, 0.2) is 273 Å². The lowest BCUT2D eigenvalue weighted by molar-refractivity contribution is 0.794. The molecule has 2 aliphatic rings. The summed E-state index contributed by atoms with van der Waals surface area (Å²) in [7, 11) is 0. The quantitative estimate of drug-likeness (QED) is 0.156. The molecule has 0 unspecified atom stereocenters. The lowest BCUT2D eigenvalue weighted by Gasteiger charge is -2.30. The molecule has 3 nitrogen and oxygen atoms in total. The van der Waals surface area contributed by atoms with E-state index in [9.17, 15) is 0 Å². The van der Waals surface area contributed by atoms with Crippen molar-refractivity contribution in [3.8, 4) is 84.1 Å². The summed E-state index contributed by atoms with van der Waals surface area (Å²) in [6.45, 7) is 0. The van der Waals surface area contributed by atoms with Gasteiger partial charge in [0.25, 0.3) is 0 Å². The van der Waals surface area contributed by atoms with Gasteiger partial charge in [-0.2, -0.15) is 0 Å². The molecule has 16 rings (SSSR count). The zero-order valence-corrected chi connectivity index (χ0v) is 41.3. The monoisotopic (exact) mass is 963 g/mol. The average Bonchev–Trinajstić information content (AvgIpc) is 4.18. The second-order valence-corrected chi connectivity index (χ2v) is 20.4. The highest BCUT2D eigenvalue weighted by Gasteiger charge is 2.52. The summed E-state index contributed by atoms with van der Waals surface area (Å²) in [5.41, 5.74) is 22.5. The molecule has 3 heteroatoms. The first kappa shape index (κ1) is 42.5. The normalized spacial score (nSPS) is 12.8. The minimum absolute atomic E-state index is 0.484. The van der Waals surface area contributed by atoms with Gasteiger partial charge in [0.1, 0.15) is 0 Å². The third-order valence-corrected chi connectivity index (χ3v) is 16.4. The van der Waals surface area contributed by atoms with Crippen molar-refractivity contribution in [3.63, 3.8) is 0 Å². The van der Waals surface area contributed by atoms with Crippen molar-refractivity contribution in [1.82, 2.24) is 14.5 Å². The molecule has 0 saturated carbocycles.